The van der Waals surface area contributed by atoms with E-state index in [-0.39, 0.29) is 17.5 Å². The summed E-state index contributed by atoms with van der Waals surface area (Å²) in [6, 6.07) is 12.5. The molecule has 57 heavy (non-hydrogen) atoms. The summed E-state index contributed by atoms with van der Waals surface area (Å²) in [6.07, 6.45) is 14.5. The number of aromatic hydroxyl groups is 1. The van der Waals surface area contributed by atoms with Crippen LogP contribution >= 0.6 is 0 Å². The van der Waals surface area contributed by atoms with E-state index in [0.29, 0.717) is 99.3 Å². The Morgan fingerprint density at radius 1 is 1.18 bits per heavy atom. The van der Waals surface area contributed by atoms with Crippen molar-refractivity contribution in [3.63, 3.8) is 0 Å². The summed E-state index contributed by atoms with van der Waals surface area (Å²) < 4.78 is 24.6. The molecule has 0 radical (unpaired) electrons. The van der Waals surface area contributed by atoms with Gasteiger partial charge < -0.3 is 39.8 Å². The van der Waals surface area contributed by atoms with Gasteiger partial charge in [-0.05, 0) is 125 Å². The second-order valence-corrected chi connectivity index (χ2v) is 16.0. The van der Waals surface area contributed by atoms with E-state index in [9.17, 15) is 15.0 Å². The van der Waals surface area contributed by atoms with Crippen LogP contribution in [0.15, 0.2) is 47.5 Å². The molecule has 306 valence electrons. The average Bonchev–Trinajstić information content (AvgIpc) is 3.75. The normalized spacial score (nSPS) is 26.9. The smallest absolute Gasteiger partial charge is 0.207 e. The van der Waals surface area contributed by atoms with Crippen molar-refractivity contribution >= 4 is 17.4 Å². The molecule has 0 aromatic heterocycles. The predicted octanol–water partition coefficient (Wildman–Crippen LogP) is 5.28. The van der Waals surface area contributed by atoms with E-state index >= 15 is 0 Å². The number of methoxy groups -OCH3 is 1. The summed E-state index contributed by atoms with van der Waals surface area (Å²) in [7, 11) is 5.18. The van der Waals surface area contributed by atoms with Crippen LogP contribution in [0.5, 0.6) is 23.0 Å². The second kappa shape index (κ2) is 19.6. The number of carbonyl (C=O) groups excluding carboxylic acids is 1. The third-order valence-electron chi connectivity index (χ3n) is 11.9. The number of ether oxygens (including phenoxy) is 4. The van der Waals surface area contributed by atoms with Gasteiger partial charge in [0.1, 0.15) is 11.7 Å². The number of likely N-dealkylation sites (N-methyl/N-ethyl adjacent to an activating group) is 1. The molecule has 2 aromatic rings. The molecule has 2 saturated carbocycles. The fraction of sp³-hybridized carbons (Fsp3) is 0.556. The minimum absolute atomic E-state index is 0.0567. The van der Waals surface area contributed by atoms with Crippen LogP contribution in [0, 0.1) is 47.2 Å². The van der Waals surface area contributed by atoms with Gasteiger partial charge in [-0.1, -0.05) is 30.4 Å². The van der Waals surface area contributed by atoms with E-state index in [1.54, 1.807) is 26.1 Å². The van der Waals surface area contributed by atoms with Crippen molar-refractivity contribution in [1.29, 1.82) is 0 Å². The van der Waals surface area contributed by atoms with Crippen molar-refractivity contribution < 1.29 is 34.0 Å². The Bertz CT molecular complexity index is 1910. The van der Waals surface area contributed by atoms with Crippen LogP contribution < -0.4 is 35.5 Å². The number of fused-ring (bicyclic) bond motifs is 7. The average molecular weight is 782 g/mol. The Morgan fingerprint density at radius 3 is 2.86 bits per heavy atom. The Hall–Kier alpha value is -4.72. The molecule has 6 atom stereocenters. The molecule has 0 spiro atoms. The van der Waals surface area contributed by atoms with Gasteiger partial charge in [0, 0.05) is 51.0 Å². The third kappa shape index (κ3) is 10.4. The fourth-order valence-electron chi connectivity index (χ4n) is 9.19. The molecule has 2 aliphatic carbocycles. The van der Waals surface area contributed by atoms with E-state index in [0.717, 1.165) is 49.7 Å². The molecule has 2 aromatic carbocycles. The number of aliphatic hydroxyl groups is 1. The standard InChI is InChI=1S/C45H59N5O7/c1-31(51)28-48-30-55-21-17-35-27-44(29-46-2)26-34(35)11-9-20-56-42-37-22-32(23-40(42)57-44)10-5-6-14-41(53)45(25-33-15-16-38(52)39(24-33)54-4)18-7-12-36(45)13-8-19-49-43(47-3)50-37/h6,14-16,22-24,31,34-36,46,48,51-52H,5,7,10-13,17-18,21,25-30H2,1-4H3,(H2,47,49,50). The predicted molar refractivity (Wildman–Crippen MR) is 221 cm³/mol. The number of nitrogens with zero attached hydrogens (tertiary/aromatic N) is 1. The minimum Gasteiger partial charge on any atom is -0.504 e. The Balaban J connectivity index is 1.28. The Morgan fingerprint density at radius 2 is 2.05 bits per heavy atom. The zero-order chi connectivity index (χ0) is 40.3. The van der Waals surface area contributed by atoms with Crippen molar-refractivity contribution in [2.75, 3.05) is 52.9 Å². The summed E-state index contributed by atoms with van der Waals surface area (Å²) in [5.74, 6) is 9.44. The zero-order valence-electron chi connectivity index (χ0n) is 33.8. The summed E-state index contributed by atoms with van der Waals surface area (Å²) in [5, 5.41) is 32.9. The summed E-state index contributed by atoms with van der Waals surface area (Å²) in [4.78, 5) is 18.8. The van der Waals surface area contributed by atoms with Crippen LogP contribution in [-0.4, -0.2) is 81.3 Å². The molecule has 0 amide bonds. The van der Waals surface area contributed by atoms with Gasteiger partial charge in [-0.15, -0.1) is 0 Å². The van der Waals surface area contributed by atoms with Crippen LogP contribution in [0.3, 0.4) is 0 Å². The first-order chi connectivity index (χ1) is 27.7. The molecular weight excluding hydrogens is 723 g/mol. The third-order valence-corrected chi connectivity index (χ3v) is 11.9. The quantitative estimate of drug-likeness (QED) is 0.0948. The van der Waals surface area contributed by atoms with E-state index in [2.05, 4.69) is 50.3 Å². The van der Waals surface area contributed by atoms with Crippen molar-refractivity contribution in [3.8, 4) is 47.0 Å². The maximum Gasteiger partial charge on any atom is 0.207 e. The maximum atomic E-state index is 14.3. The highest BCUT2D eigenvalue weighted by Gasteiger charge is 2.48. The highest BCUT2D eigenvalue weighted by Crippen LogP contribution is 2.50. The van der Waals surface area contributed by atoms with Crippen LogP contribution in [-0.2, 0) is 22.4 Å². The molecular formula is C45H59N5O7. The van der Waals surface area contributed by atoms with E-state index in [1.807, 2.05) is 37.4 Å². The summed E-state index contributed by atoms with van der Waals surface area (Å²) in [5.41, 5.74) is 1.49. The number of aryl methyl sites for hydroxylation is 1. The molecule has 2 heterocycles. The first-order valence-corrected chi connectivity index (χ1v) is 20.3. The molecule has 12 nitrogen and oxygen atoms in total. The van der Waals surface area contributed by atoms with E-state index in [4.69, 9.17) is 18.9 Å². The van der Waals surface area contributed by atoms with Crippen molar-refractivity contribution in [1.82, 2.24) is 16.0 Å². The van der Waals surface area contributed by atoms with Crippen molar-refractivity contribution in [2.24, 2.45) is 28.2 Å². The number of nitrogens with one attached hydrogen (secondary N) is 4. The number of aliphatic hydroxyl groups excluding tert-OH is 1. The number of ketones is 1. The number of aliphatic imine (C=N–C) groups is 1. The van der Waals surface area contributed by atoms with Crippen LogP contribution in [0.2, 0.25) is 0 Å². The molecule has 6 N–H and O–H groups in total. The van der Waals surface area contributed by atoms with Crippen molar-refractivity contribution in [3.05, 3.63) is 53.6 Å². The molecule has 2 aliphatic heterocycles. The fourth-order valence-corrected chi connectivity index (χ4v) is 9.19. The maximum absolute atomic E-state index is 14.3. The van der Waals surface area contributed by atoms with Crippen LogP contribution in [0.4, 0.5) is 5.69 Å². The minimum atomic E-state index is -0.621. The van der Waals surface area contributed by atoms with Gasteiger partial charge in [-0.2, -0.15) is 0 Å². The lowest BCUT2D eigenvalue weighted by Crippen LogP contribution is -2.43. The van der Waals surface area contributed by atoms with E-state index < -0.39 is 17.1 Å². The van der Waals surface area contributed by atoms with Crippen molar-refractivity contribution in [2.45, 2.75) is 89.3 Å². The molecule has 0 saturated heterocycles. The van der Waals surface area contributed by atoms with Gasteiger partial charge in [0.05, 0.1) is 25.6 Å². The first kappa shape index (κ1) is 41.9. The zero-order valence-corrected chi connectivity index (χ0v) is 33.8. The summed E-state index contributed by atoms with van der Waals surface area (Å²) >= 11 is 0. The molecule has 12 heteroatoms. The molecule has 4 aliphatic rings. The Kier molecular flexibility index (Phi) is 14.4. The second-order valence-electron chi connectivity index (χ2n) is 16.0. The first-order valence-electron chi connectivity index (χ1n) is 20.3. The largest absolute Gasteiger partial charge is 0.504 e. The van der Waals surface area contributed by atoms with Crippen LogP contribution in [0.1, 0.15) is 75.8 Å². The van der Waals surface area contributed by atoms with Gasteiger partial charge in [0.25, 0.3) is 0 Å². The number of hydrogen-bond acceptors (Lipinski definition) is 10. The number of rotatable bonds is 12. The number of carbonyl (C=O) groups is 1. The summed E-state index contributed by atoms with van der Waals surface area (Å²) in [6.45, 7) is 3.88. The molecule has 6 rings (SSSR count). The number of allylic oxidation sites excluding steroid dienone is 2. The van der Waals surface area contributed by atoms with Gasteiger partial charge in [-0.25, -0.2) is 0 Å². The molecule has 2 fully saturated rings. The topological polar surface area (TPSA) is 155 Å². The highest BCUT2D eigenvalue weighted by molar-refractivity contribution is 5.97. The monoisotopic (exact) mass is 781 g/mol. The SMILES string of the molecule is CN=C1NC#CCC2CCCC2(Cc2ccc(O)c(OC)c2)C(=O)C=CCCc2cc(c3c(c2)OC2(CNC)CC(CC#CO3)C(CCOCNCC(C)O)C2)N1. The lowest BCUT2D eigenvalue weighted by molar-refractivity contribution is -0.125. The van der Waals surface area contributed by atoms with Gasteiger partial charge in [0.15, 0.2) is 23.0 Å². The lowest BCUT2D eigenvalue weighted by atomic mass is 9.69. The number of phenolic OH excluding ortho intramolecular Hbond substituents is 1. The van der Waals surface area contributed by atoms with Gasteiger partial charge in [0.2, 0.25) is 11.7 Å². The Labute approximate surface area is 337 Å². The lowest BCUT2D eigenvalue weighted by Gasteiger charge is -2.33. The number of hydrogen-bond donors (Lipinski definition) is 6. The number of phenols is 1. The number of guanidine groups is 1. The number of anilines is 1. The highest BCUT2D eigenvalue weighted by atomic mass is 16.5. The van der Waals surface area contributed by atoms with Crippen LogP contribution in [0.25, 0.3) is 0 Å². The van der Waals surface area contributed by atoms with E-state index in [1.165, 1.54) is 7.11 Å². The molecule has 6 unspecified atom stereocenters. The number of benzene rings is 2. The molecule has 4 bridgehead atoms. The van der Waals surface area contributed by atoms with Gasteiger partial charge >= 0.3 is 0 Å². The van der Waals surface area contributed by atoms with Gasteiger partial charge in [-0.3, -0.25) is 20.4 Å².